The minimum Gasteiger partial charge on any atom is -0.437 e. The summed E-state index contributed by atoms with van der Waals surface area (Å²) in [7, 11) is 0. The average molecular weight is 359 g/mol. The van der Waals surface area contributed by atoms with Crippen molar-refractivity contribution < 1.29 is 17.9 Å². The molecule has 0 bridgehead atoms. The molecule has 21 heavy (non-hydrogen) atoms. The number of nitrogen functional groups attached to an aromatic ring is 1. The van der Waals surface area contributed by atoms with Crippen LogP contribution in [0.2, 0.25) is 0 Å². The van der Waals surface area contributed by atoms with Gasteiger partial charge < -0.3 is 10.5 Å². The predicted octanol–water partition coefficient (Wildman–Crippen LogP) is 3.50. The zero-order chi connectivity index (χ0) is 15.6. The fourth-order valence-corrected chi connectivity index (χ4v) is 1.74. The standard InChI is InChI=1S/C12H6BrF3N4O/c13-9-10(18)19-5-20-11(9)21-8-2-1-6(4-17)3-7(8)12(14,15)16/h1-3,5H,(H2,18,19,20). The molecule has 0 saturated heterocycles. The molecule has 0 aliphatic heterocycles. The Morgan fingerprint density at radius 1 is 1.29 bits per heavy atom. The highest BCUT2D eigenvalue weighted by Gasteiger charge is 2.35. The molecule has 2 rings (SSSR count). The largest absolute Gasteiger partial charge is 0.437 e. The first kappa shape index (κ1) is 15.1. The van der Waals surface area contributed by atoms with Gasteiger partial charge in [-0.2, -0.15) is 18.4 Å². The second-order valence-corrected chi connectivity index (χ2v) is 4.59. The molecule has 0 aliphatic carbocycles. The number of hydrogen-bond donors (Lipinski definition) is 1. The molecule has 1 aromatic heterocycles. The van der Waals surface area contributed by atoms with E-state index in [1.807, 2.05) is 0 Å². The summed E-state index contributed by atoms with van der Waals surface area (Å²) in [6, 6.07) is 4.60. The zero-order valence-electron chi connectivity index (χ0n) is 10.1. The number of benzene rings is 1. The predicted molar refractivity (Wildman–Crippen MR) is 70.4 cm³/mol. The molecule has 0 saturated carbocycles. The Morgan fingerprint density at radius 2 is 2.00 bits per heavy atom. The fourth-order valence-electron chi connectivity index (χ4n) is 1.45. The van der Waals surface area contributed by atoms with Crippen molar-refractivity contribution in [2.75, 3.05) is 5.73 Å². The van der Waals surface area contributed by atoms with Crippen molar-refractivity contribution in [3.8, 4) is 17.7 Å². The van der Waals surface area contributed by atoms with Crippen molar-refractivity contribution in [2.24, 2.45) is 0 Å². The third kappa shape index (κ3) is 3.22. The number of alkyl halides is 3. The van der Waals surface area contributed by atoms with E-state index in [0.717, 1.165) is 12.4 Å². The number of aromatic nitrogens is 2. The molecule has 0 fully saturated rings. The van der Waals surface area contributed by atoms with Crippen LogP contribution in [0.4, 0.5) is 19.0 Å². The van der Waals surface area contributed by atoms with Gasteiger partial charge in [-0.1, -0.05) is 0 Å². The van der Waals surface area contributed by atoms with E-state index in [1.165, 1.54) is 6.07 Å². The van der Waals surface area contributed by atoms with Gasteiger partial charge in [0.2, 0.25) is 5.88 Å². The topological polar surface area (TPSA) is 84.8 Å². The summed E-state index contributed by atoms with van der Waals surface area (Å²) in [5.41, 5.74) is 4.29. The number of nitrogens with zero attached hydrogens (tertiary/aromatic N) is 3. The van der Waals surface area contributed by atoms with Crippen LogP contribution >= 0.6 is 15.9 Å². The summed E-state index contributed by atoms with van der Waals surface area (Å²) in [5.74, 6) is -0.611. The summed E-state index contributed by atoms with van der Waals surface area (Å²) < 4.78 is 44.2. The molecule has 0 spiro atoms. The average Bonchev–Trinajstić information content (AvgIpc) is 2.43. The van der Waals surface area contributed by atoms with Crippen LogP contribution in [0.3, 0.4) is 0 Å². The van der Waals surface area contributed by atoms with Crippen LogP contribution in [0.1, 0.15) is 11.1 Å². The number of nitrogens with two attached hydrogens (primary N) is 1. The minimum atomic E-state index is -4.67. The van der Waals surface area contributed by atoms with Gasteiger partial charge >= 0.3 is 6.18 Å². The highest BCUT2D eigenvalue weighted by atomic mass is 79.9. The lowest BCUT2D eigenvalue weighted by Gasteiger charge is -2.14. The van der Waals surface area contributed by atoms with E-state index in [1.54, 1.807) is 6.07 Å². The van der Waals surface area contributed by atoms with Gasteiger partial charge in [0.1, 0.15) is 22.4 Å². The molecule has 1 aromatic carbocycles. The van der Waals surface area contributed by atoms with Crippen LogP contribution < -0.4 is 10.5 Å². The SMILES string of the molecule is N#Cc1ccc(Oc2ncnc(N)c2Br)c(C(F)(F)F)c1. The van der Waals surface area contributed by atoms with Gasteiger partial charge in [0.25, 0.3) is 0 Å². The minimum absolute atomic E-state index is 0.0298. The van der Waals surface area contributed by atoms with E-state index in [9.17, 15) is 13.2 Å². The lowest BCUT2D eigenvalue weighted by atomic mass is 10.1. The summed E-state index contributed by atoms with van der Waals surface area (Å²) in [4.78, 5) is 7.36. The van der Waals surface area contributed by atoms with E-state index in [4.69, 9.17) is 15.7 Å². The number of ether oxygens (including phenoxy) is 1. The maximum absolute atomic E-state index is 13.0. The zero-order valence-corrected chi connectivity index (χ0v) is 11.7. The molecule has 1 heterocycles. The second-order valence-electron chi connectivity index (χ2n) is 3.80. The smallest absolute Gasteiger partial charge is 0.420 e. The van der Waals surface area contributed by atoms with Crippen molar-refractivity contribution in [2.45, 2.75) is 6.18 Å². The van der Waals surface area contributed by atoms with Crippen LogP contribution in [0.15, 0.2) is 29.0 Å². The van der Waals surface area contributed by atoms with Crippen LogP contribution in [0.5, 0.6) is 11.6 Å². The van der Waals surface area contributed by atoms with Gasteiger partial charge in [-0.3, -0.25) is 0 Å². The number of nitriles is 1. The highest BCUT2D eigenvalue weighted by Crippen LogP contribution is 2.40. The molecule has 0 unspecified atom stereocenters. The van der Waals surface area contributed by atoms with Gasteiger partial charge in [0.15, 0.2) is 0 Å². The Bertz CT molecular complexity index is 727. The first-order valence-electron chi connectivity index (χ1n) is 5.38. The van der Waals surface area contributed by atoms with E-state index in [2.05, 4.69) is 25.9 Å². The molecule has 108 valence electrons. The fraction of sp³-hybridized carbons (Fsp3) is 0.0833. The molecule has 0 atom stereocenters. The Hall–Kier alpha value is -2.34. The van der Waals surface area contributed by atoms with Crippen molar-refractivity contribution >= 4 is 21.7 Å². The summed E-state index contributed by atoms with van der Waals surface area (Å²) in [6.07, 6.45) is -3.61. The van der Waals surface area contributed by atoms with Crippen molar-refractivity contribution in [3.63, 3.8) is 0 Å². The summed E-state index contributed by atoms with van der Waals surface area (Å²) >= 11 is 3.03. The van der Waals surface area contributed by atoms with Gasteiger partial charge in [-0.05, 0) is 34.1 Å². The van der Waals surface area contributed by atoms with Crippen molar-refractivity contribution in [3.05, 3.63) is 40.1 Å². The maximum atomic E-state index is 13.0. The van der Waals surface area contributed by atoms with Crippen LogP contribution in [-0.4, -0.2) is 9.97 Å². The maximum Gasteiger partial charge on any atom is 0.420 e. The van der Waals surface area contributed by atoms with E-state index in [0.29, 0.717) is 6.07 Å². The lowest BCUT2D eigenvalue weighted by Crippen LogP contribution is -2.08. The Labute approximate surface area is 125 Å². The van der Waals surface area contributed by atoms with Crippen LogP contribution in [0, 0.1) is 11.3 Å². The Kier molecular flexibility index (Phi) is 3.99. The van der Waals surface area contributed by atoms with E-state index in [-0.39, 0.29) is 21.7 Å². The molecule has 0 aliphatic rings. The number of rotatable bonds is 2. The molecule has 9 heteroatoms. The molecular formula is C12H6BrF3N4O. The Morgan fingerprint density at radius 3 is 2.62 bits per heavy atom. The van der Waals surface area contributed by atoms with Gasteiger partial charge in [-0.15, -0.1) is 0 Å². The van der Waals surface area contributed by atoms with Gasteiger partial charge in [0.05, 0.1) is 17.2 Å². The second kappa shape index (κ2) is 5.57. The molecular weight excluding hydrogens is 353 g/mol. The number of anilines is 1. The van der Waals surface area contributed by atoms with Gasteiger partial charge in [0, 0.05) is 0 Å². The van der Waals surface area contributed by atoms with Crippen LogP contribution in [-0.2, 0) is 6.18 Å². The molecule has 0 radical (unpaired) electrons. The van der Waals surface area contributed by atoms with Crippen molar-refractivity contribution in [1.82, 2.24) is 9.97 Å². The molecule has 2 N–H and O–H groups in total. The van der Waals surface area contributed by atoms with Gasteiger partial charge in [-0.25, -0.2) is 9.97 Å². The molecule has 0 amide bonds. The third-order valence-corrected chi connectivity index (χ3v) is 3.15. The summed E-state index contributed by atoms with van der Waals surface area (Å²) in [5, 5.41) is 8.69. The number of hydrogen-bond acceptors (Lipinski definition) is 5. The first-order chi connectivity index (χ1) is 9.82. The van der Waals surface area contributed by atoms with E-state index >= 15 is 0 Å². The molecule has 5 nitrogen and oxygen atoms in total. The number of halogens is 4. The third-order valence-electron chi connectivity index (χ3n) is 2.41. The highest BCUT2D eigenvalue weighted by molar-refractivity contribution is 9.10. The van der Waals surface area contributed by atoms with Crippen LogP contribution in [0.25, 0.3) is 0 Å². The van der Waals surface area contributed by atoms with E-state index < -0.39 is 17.5 Å². The lowest BCUT2D eigenvalue weighted by molar-refractivity contribution is -0.138. The molecule has 2 aromatic rings. The normalized spacial score (nSPS) is 11.0. The quantitative estimate of drug-likeness (QED) is 0.887. The first-order valence-corrected chi connectivity index (χ1v) is 6.17. The Balaban J connectivity index is 2.50. The monoisotopic (exact) mass is 358 g/mol. The summed E-state index contributed by atoms with van der Waals surface area (Å²) in [6.45, 7) is 0. The van der Waals surface area contributed by atoms with Crippen molar-refractivity contribution in [1.29, 1.82) is 5.26 Å².